The van der Waals surface area contributed by atoms with E-state index in [9.17, 15) is 9.90 Å². The summed E-state index contributed by atoms with van der Waals surface area (Å²) in [5, 5.41) is 12.1. The zero-order chi connectivity index (χ0) is 19.2. The Hall–Kier alpha value is -2.59. The first-order valence-electron chi connectivity index (χ1n) is 9.51. The summed E-state index contributed by atoms with van der Waals surface area (Å²) in [5.41, 5.74) is 5.57. The summed E-state index contributed by atoms with van der Waals surface area (Å²) in [7, 11) is 0. The third-order valence-corrected chi connectivity index (χ3v) is 5.81. The summed E-state index contributed by atoms with van der Waals surface area (Å²) in [6.45, 7) is 7.15. The largest absolute Gasteiger partial charge is 0.383 e. The van der Waals surface area contributed by atoms with E-state index in [1.165, 1.54) is 11.1 Å². The maximum Gasteiger partial charge on any atom is 0.227 e. The fourth-order valence-electron chi connectivity index (χ4n) is 4.32. The molecule has 2 N–H and O–H groups in total. The van der Waals surface area contributed by atoms with Gasteiger partial charge in [0.25, 0.3) is 0 Å². The van der Waals surface area contributed by atoms with E-state index in [4.69, 9.17) is 0 Å². The van der Waals surface area contributed by atoms with E-state index in [0.29, 0.717) is 25.9 Å². The summed E-state index contributed by atoms with van der Waals surface area (Å²) in [6, 6.07) is 14.0. The third kappa shape index (κ3) is 3.15. The normalized spacial score (nSPS) is 19.8. The van der Waals surface area contributed by atoms with E-state index >= 15 is 0 Å². The van der Waals surface area contributed by atoms with Crippen LogP contribution in [0.4, 0.5) is 0 Å². The first kappa shape index (κ1) is 17.8. The molecular formula is C23H26N2O2. The SMILES string of the molecule is Cc1cc(C)c2[nH]c(C)c(CC(=O)N3CC[C@](O)(c4ccccc4)C3)c2c1. The van der Waals surface area contributed by atoms with Crippen molar-refractivity contribution in [3.8, 4) is 0 Å². The zero-order valence-corrected chi connectivity index (χ0v) is 16.2. The molecule has 4 heteroatoms. The lowest BCUT2D eigenvalue weighted by atomic mass is 9.93. The summed E-state index contributed by atoms with van der Waals surface area (Å²) in [4.78, 5) is 18.2. The number of aryl methyl sites for hydroxylation is 3. The number of hydrogen-bond acceptors (Lipinski definition) is 2. The van der Waals surface area contributed by atoms with Gasteiger partial charge in [0.2, 0.25) is 5.91 Å². The van der Waals surface area contributed by atoms with Crippen LogP contribution in [0.3, 0.4) is 0 Å². The van der Waals surface area contributed by atoms with Crippen LogP contribution in [-0.2, 0) is 16.8 Å². The highest BCUT2D eigenvalue weighted by atomic mass is 16.3. The lowest BCUT2D eigenvalue weighted by Crippen LogP contribution is -2.35. The molecule has 1 amide bonds. The second-order valence-electron chi connectivity index (χ2n) is 7.87. The van der Waals surface area contributed by atoms with Crippen molar-refractivity contribution in [3.05, 3.63) is 70.4 Å². The van der Waals surface area contributed by atoms with Crippen LogP contribution >= 0.6 is 0 Å². The number of aromatic nitrogens is 1. The number of aliphatic hydroxyl groups is 1. The molecule has 0 spiro atoms. The average molecular weight is 362 g/mol. The van der Waals surface area contributed by atoms with Crippen molar-refractivity contribution in [1.29, 1.82) is 0 Å². The van der Waals surface area contributed by atoms with Crippen LogP contribution in [-0.4, -0.2) is 34.0 Å². The average Bonchev–Trinajstić information content (AvgIpc) is 3.19. The minimum atomic E-state index is -0.945. The van der Waals surface area contributed by atoms with Crippen LogP contribution in [0.1, 0.15) is 34.4 Å². The van der Waals surface area contributed by atoms with E-state index in [-0.39, 0.29) is 5.91 Å². The molecule has 1 aromatic heterocycles. The number of benzene rings is 2. The number of aromatic amines is 1. The highest BCUT2D eigenvalue weighted by Crippen LogP contribution is 2.33. The lowest BCUT2D eigenvalue weighted by molar-refractivity contribution is -0.130. The molecule has 0 bridgehead atoms. The van der Waals surface area contributed by atoms with Crippen molar-refractivity contribution >= 4 is 16.8 Å². The van der Waals surface area contributed by atoms with E-state index in [1.807, 2.05) is 37.3 Å². The first-order valence-corrected chi connectivity index (χ1v) is 9.51. The van der Waals surface area contributed by atoms with E-state index in [0.717, 1.165) is 27.7 Å². The molecule has 4 nitrogen and oxygen atoms in total. The van der Waals surface area contributed by atoms with Crippen molar-refractivity contribution in [3.63, 3.8) is 0 Å². The minimum Gasteiger partial charge on any atom is -0.383 e. The Bertz CT molecular complexity index is 1010. The molecule has 4 rings (SSSR count). The van der Waals surface area contributed by atoms with Crippen LogP contribution in [0.2, 0.25) is 0 Å². The number of rotatable bonds is 3. The van der Waals surface area contributed by atoms with Gasteiger partial charge in [-0.1, -0.05) is 42.0 Å². The molecule has 3 aromatic rings. The fraction of sp³-hybridized carbons (Fsp3) is 0.348. The number of fused-ring (bicyclic) bond motifs is 1. The summed E-state index contributed by atoms with van der Waals surface area (Å²) < 4.78 is 0. The number of nitrogens with one attached hydrogen (secondary N) is 1. The van der Waals surface area contributed by atoms with Crippen molar-refractivity contribution < 1.29 is 9.90 Å². The van der Waals surface area contributed by atoms with Gasteiger partial charge in [0, 0.05) is 23.1 Å². The highest BCUT2D eigenvalue weighted by molar-refractivity contribution is 5.92. The number of likely N-dealkylation sites (tertiary alicyclic amines) is 1. The predicted octanol–water partition coefficient (Wildman–Crippen LogP) is 3.76. The maximum atomic E-state index is 13.0. The van der Waals surface area contributed by atoms with Gasteiger partial charge in [0.15, 0.2) is 0 Å². The highest BCUT2D eigenvalue weighted by Gasteiger charge is 2.39. The van der Waals surface area contributed by atoms with Crippen LogP contribution in [0.5, 0.6) is 0 Å². The first-order chi connectivity index (χ1) is 12.9. The smallest absolute Gasteiger partial charge is 0.227 e. The van der Waals surface area contributed by atoms with Gasteiger partial charge in [-0.25, -0.2) is 0 Å². The van der Waals surface area contributed by atoms with Gasteiger partial charge in [-0.2, -0.15) is 0 Å². The molecule has 1 atom stereocenters. The molecule has 0 aliphatic carbocycles. The third-order valence-electron chi connectivity index (χ3n) is 5.81. The Balaban J connectivity index is 1.57. The quantitative estimate of drug-likeness (QED) is 0.745. The summed E-state index contributed by atoms with van der Waals surface area (Å²) in [5.74, 6) is 0.0741. The number of nitrogens with zero attached hydrogens (tertiary/aromatic N) is 1. The second-order valence-corrected chi connectivity index (χ2v) is 7.87. The molecule has 1 saturated heterocycles. The Kier molecular flexibility index (Phi) is 4.31. The molecule has 1 aliphatic heterocycles. The second kappa shape index (κ2) is 6.54. The molecule has 0 unspecified atom stereocenters. The minimum absolute atomic E-state index is 0.0741. The summed E-state index contributed by atoms with van der Waals surface area (Å²) >= 11 is 0. The predicted molar refractivity (Wildman–Crippen MR) is 108 cm³/mol. The van der Waals surface area contributed by atoms with Crippen molar-refractivity contribution in [2.24, 2.45) is 0 Å². The fourth-order valence-corrected chi connectivity index (χ4v) is 4.32. The van der Waals surface area contributed by atoms with E-state index < -0.39 is 5.60 Å². The molecule has 140 valence electrons. The van der Waals surface area contributed by atoms with Gasteiger partial charge >= 0.3 is 0 Å². The van der Waals surface area contributed by atoms with Gasteiger partial charge in [-0.05, 0) is 49.9 Å². The molecule has 0 radical (unpaired) electrons. The molecule has 2 aromatic carbocycles. The van der Waals surface area contributed by atoms with Crippen LogP contribution in [0.15, 0.2) is 42.5 Å². The Labute approximate surface area is 159 Å². The van der Waals surface area contributed by atoms with Gasteiger partial charge in [-0.3, -0.25) is 4.79 Å². The van der Waals surface area contributed by atoms with Gasteiger partial charge < -0.3 is 15.0 Å². The number of hydrogen-bond donors (Lipinski definition) is 2. The number of carbonyl (C=O) groups is 1. The summed E-state index contributed by atoms with van der Waals surface area (Å²) in [6.07, 6.45) is 0.938. The Morgan fingerprint density at radius 3 is 2.67 bits per heavy atom. The molecule has 2 heterocycles. The van der Waals surface area contributed by atoms with E-state index in [2.05, 4.69) is 31.0 Å². The molecule has 1 aliphatic rings. The molecule has 0 saturated carbocycles. The van der Waals surface area contributed by atoms with Crippen LogP contribution in [0.25, 0.3) is 10.9 Å². The Morgan fingerprint density at radius 2 is 1.93 bits per heavy atom. The van der Waals surface area contributed by atoms with Crippen molar-refractivity contribution in [2.45, 2.75) is 39.2 Å². The van der Waals surface area contributed by atoms with Crippen LogP contribution < -0.4 is 0 Å². The van der Waals surface area contributed by atoms with E-state index in [1.54, 1.807) is 4.90 Å². The van der Waals surface area contributed by atoms with Gasteiger partial charge in [-0.15, -0.1) is 0 Å². The molecule has 27 heavy (non-hydrogen) atoms. The zero-order valence-electron chi connectivity index (χ0n) is 16.2. The number of carbonyl (C=O) groups excluding carboxylic acids is 1. The topological polar surface area (TPSA) is 56.3 Å². The Morgan fingerprint density at radius 1 is 1.19 bits per heavy atom. The molecular weight excluding hydrogens is 336 g/mol. The maximum absolute atomic E-state index is 13.0. The van der Waals surface area contributed by atoms with Crippen molar-refractivity contribution in [1.82, 2.24) is 9.88 Å². The molecule has 1 fully saturated rings. The lowest BCUT2D eigenvalue weighted by Gasteiger charge is -2.24. The van der Waals surface area contributed by atoms with Crippen LogP contribution in [0, 0.1) is 20.8 Å². The number of β-amino-alcohol motifs (C(OH)–C–C–N with tert-alkyl or cyclic N) is 1. The monoisotopic (exact) mass is 362 g/mol. The number of H-pyrrole nitrogens is 1. The van der Waals surface area contributed by atoms with Gasteiger partial charge in [0.05, 0.1) is 13.0 Å². The van der Waals surface area contributed by atoms with Crippen molar-refractivity contribution in [2.75, 3.05) is 13.1 Å². The standard InChI is InChI=1S/C23H26N2O2/c1-15-11-16(2)22-20(12-15)19(17(3)24-22)13-21(26)25-10-9-23(27,14-25)18-7-5-4-6-8-18/h4-8,11-12,24,27H,9-10,13-14H2,1-3H3/t23-/m1/s1. The number of amides is 1. The van der Waals surface area contributed by atoms with Gasteiger partial charge in [0.1, 0.15) is 5.60 Å².